The Morgan fingerprint density at radius 2 is 1.95 bits per heavy atom. The van der Waals surface area contributed by atoms with Crippen molar-refractivity contribution in [2.75, 3.05) is 0 Å². The quantitative estimate of drug-likeness (QED) is 0.791. The molecule has 1 atom stereocenters. The van der Waals surface area contributed by atoms with Crippen molar-refractivity contribution in [2.45, 2.75) is 45.8 Å². The summed E-state index contributed by atoms with van der Waals surface area (Å²) in [7, 11) is 0. The summed E-state index contributed by atoms with van der Waals surface area (Å²) >= 11 is 0. The number of aromatic hydroxyl groups is 1. The minimum Gasteiger partial charge on any atom is -0.508 e. The van der Waals surface area contributed by atoms with Crippen LogP contribution in [0.15, 0.2) is 18.2 Å². The fourth-order valence-corrected chi connectivity index (χ4v) is 1.72. The van der Waals surface area contributed by atoms with Crippen molar-refractivity contribution in [1.29, 1.82) is 0 Å². The number of phenolic OH excluding ortho intramolecular Hbond substituents is 1. The first-order valence-electron chi connectivity index (χ1n) is 6.59. The number of ether oxygens (including phenoxy) is 1. The number of carboxylic acids is 1. The summed E-state index contributed by atoms with van der Waals surface area (Å²) in [6, 6.07) is 3.77. The molecule has 3 N–H and O–H groups in total. The number of hydrogen-bond acceptors (Lipinski definition) is 4. The number of carbonyl (C=O) groups is 2. The van der Waals surface area contributed by atoms with Crippen LogP contribution in [-0.2, 0) is 16.0 Å². The van der Waals surface area contributed by atoms with Crippen molar-refractivity contribution < 1.29 is 24.5 Å². The van der Waals surface area contributed by atoms with E-state index < -0.39 is 23.7 Å². The zero-order chi connectivity index (χ0) is 16.2. The van der Waals surface area contributed by atoms with Crippen LogP contribution in [0.1, 0.15) is 31.9 Å². The van der Waals surface area contributed by atoms with E-state index in [-0.39, 0.29) is 12.2 Å². The van der Waals surface area contributed by atoms with Gasteiger partial charge in [-0.3, -0.25) is 0 Å². The Labute approximate surface area is 123 Å². The molecule has 0 aliphatic heterocycles. The number of benzene rings is 1. The number of aryl methyl sites for hydroxylation is 1. The predicted molar refractivity (Wildman–Crippen MR) is 77.3 cm³/mol. The Bertz CT molecular complexity index is 533. The van der Waals surface area contributed by atoms with Crippen molar-refractivity contribution in [1.82, 2.24) is 5.32 Å². The number of carbonyl (C=O) groups excluding carboxylic acids is 1. The van der Waals surface area contributed by atoms with E-state index in [1.165, 1.54) is 0 Å². The van der Waals surface area contributed by atoms with E-state index in [0.717, 1.165) is 5.56 Å². The first-order chi connectivity index (χ1) is 9.58. The lowest BCUT2D eigenvalue weighted by Crippen LogP contribution is -2.44. The third-order valence-electron chi connectivity index (χ3n) is 2.65. The number of nitrogens with one attached hydrogen (secondary N) is 1. The van der Waals surface area contributed by atoms with Gasteiger partial charge in [0.05, 0.1) is 0 Å². The largest absolute Gasteiger partial charge is 0.508 e. The molecule has 0 radical (unpaired) electrons. The van der Waals surface area contributed by atoms with Gasteiger partial charge in [0.2, 0.25) is 0 Å². The van der Waals surface area contributed by atoms with Crippen LogP contribution in [-0.4, -0.2) is 33.9 Å². The maximum Gasteiger partial charge on any atom is 0.408 e. The molecule has 0 aliphatic carbocycles. The van der Waals surface area contributed by atoms with Gasteiger partial charge < -0.3 is 20.3 Å². The standard InChI is InChI=1S/C15H21NO5/c1-9-5-6-10(12(17)7-9)8-11(13(18)19)16-14(20)21-15(2,3)4/h5-7,11,17H,8H2,1-4H3,(H,16,20)(H,18,19). The maximum atomic E-state index is 11.6. The summed E-state index contributed by atoms with van der Waals surface area (Å²) in [6.45, 7) is 6.88. The first-order valence-corrected chi connectivity index (χ1v) is 6.59. The van der Waals surface area contributed by atoms with E-state index >= 15 is 0 Å². The molecule has 0 fully saturated rings. The lowest BCUT2D eigenvalue weighted by Gasteiger charge is -2.22. The summed E-state index contributed by atoms with van der Waals surface area (Å²) in [5, 5.41) is 21.3. The van der Waals surface area contributed by atoms with Crippen molar-refractivity contribution in [3.05, 3.63) is 29.3 Å². The molecule has 0 aliphatic rings. The van der Waals surface area contributed by atoms with Crippen LogP contribution in [0.2, 0.25) is 0 Å². The molecular formula is C15H21NO5. The second kappa shape index (κ2) is 6.47. The third kappa shape index (κ3) is 5.72. The van der Waals surface area contributed by atoms with Crippen LogP contribution in [0.3, 0.4) is 0 Å². The Kier molecular flexibility index (Phi) is 5.18. The summed E-state index contributed by atoms with van der Waals surface area (Å²) in [5.74, 6) is -1.19. The fourth-order valence-electron chi connectivity index (χ4n) is 1.72. The highest BCUT2D eigenvalue weighted by Crippen LogP contribution is 2.20. The maximum absolute atomic E-state index is 11.6. The Hall–Kier alpha value is -2.24. The van der Waals surface area contributed by atoms with Crippen molar-refractivity contribution >= 4 is 12.1 Å². The number of phenols is 1. The van der Waals surface area contributed by atoms with Crippen LogP contribution in [0.5, 0.6) is 5.75 Å². The van der Waals surface area contributed by atoms with E-state index in [2.05, 4.69) is 5.32 Å². The first kappa shape index (κ1) is 16.8. The molecule has 6 heteroatoms. The summed E-state index contributed by atoms with van der Waals surface area (Å²) < 4.78 is 5.03. The average Bonchev–Trinajstić information content (AvgIpc) is 2.28. The van der Waals surface area contributed by atoms with E-state index in [0.29, 0.717) is 5.56 Å². The molecule has 1 rings (SSSR count). The van der Waals surface area contributed by atoms with Gasteiger partial charge in [0.15, 0.2) is 0 Å². The second-order valence-electron chi connectivity index (χ2n) is 5.87. The topological polar surface area (TPSA) is 95.9 Å². The van der Waals surface area contributed by atoms with E-state index in [1.807, 2.05) is 6.92 Å². The molecule has 0 saturated carbocycles. The zero-order valence-electron chi connectivity index (χ0n) is 12.6. The molecule has 21 heavy (non-hydrogen) atoms. The molecule has 1 unspecified atom stereocenters. The van der Waals surface area contributed by atoms with Gasteiger partial charge >= 0.3 is 12.1 Å². The van der Waals surface area contributed by atoms with Gasteiger partial charge in [0, 0.05) is 6.42 Å². The van der Waals surface area contributed by atoms with Gasteiger partial charge in [-0.15, -0.1) is 0 Å². The third-order valence-corrected chi connectivity index (χ3v) is 2.65. The molecule has 0 bridgehead atoms. The van der Waals surface area contributed by atoms with Gasteiger partial charge in [-0.1, -0.05) is 12.1 Å². The molecule has 6 nitrogen and oxygen atoms in total. The Morgan fingerprint density at radius 1 is 1.33 bits per heavy atom. The SMILES string of the molecule is Cc1ccc(CC(NC(=O)OC(C)(C)C)C(=O)O)c(O)c1. The molecule has 1 aromatic rings. The van der Waals surface area contributed by atoms with Crippen LogP contribution in [0, 0.1) is 6.92 Å². The number of rotatable bonds is 4. The normalized spacial score (nSPS) is 12.6. The van der Waals surface area contributed by atoms with Gasteiger partial charge in [-0.05, 0) is 44.9 Å². The lowest BCUT2D eigenvalue weighted by atomic mass is 10.0. The van der Waals surface area contributed by atoms with E-state index in [4.69, 9.17) is 4.74 Å². The number of amides is 1. The Balaban J connectivity index is 2.79. The van der Waals surface area contributed by atoms with Crippen LogP contribution >= 0.6 is 0 Å². The van der Waals surface area contributed by atoms with E-state index in [1.54, 1.807) is 39.0 Å². The van der Waals surface area contributed by atoms with Gasteiger partial charge in [-0.2, -0.15) is 0 Å². The van der Waals surface area contributed by atoms with Gasteiger partial charge in [-0.25, -0.2) is 9.59 Å². The molecule has 1 amide bonds. The van der Waals surface area contributed by atoms with Crippen molar-refractivity contribution in [3.63, 3.8) is 0 Å². The highest BCUT2D eigenvalue weighted by atomic mass is 16.6. The number of carboxylic acid groups (broad SMARTS) is 1. The smallest absolute Gasteiger partial charge is 0.408 e. The summed E-state index contributed by atoms with van der Waals surface area (Å²) in [5.41, 5.74) is 0.603. The molecule has 0 aromatic heterocycles. The predicted octanol–water partition coefficient (Wildman–Crippen LogP) is 2.22. The molecular weight excluding hydrogens is 274 g/mol. The molecule has 0 saturated heterocycles. The molecule has 0 heterocycles. The van der Waals surface area contributed by atoms with Crippen LogP contribution in [0.4, 0.5) is 4.79 Å². The highest BCUT2D eigenvalue weighted by molar-refractivity contribution is 5.80. The number of alkyl carbamates (subject to hydrolysis) is 1. The molecule has 1 aromatic carbocycles. The van der Waals surface area contributed by atoms with E-state index in [9.17, 15) is 19.8 Å². The highest BCUT2D eigenvalue weighted by Gasteiger charge is 2.25. The minimum absolute atomic E-state index is 0.00670. The Morgan fingerprint density at radius 3 is 2.43 bits per heavy atom. The average molecular weight is 295 g/mol. The summed E-state index contributed by atoms with van der Waals surface area (Å²) in [6.07, 6.45) is -0.831. The van der Waals surface area contributed by atoms with Crippen molar-refractivity contribution in [3.8, 4) is 5.75 Å². The second-order valence-corrected chi connectivity index (χ2v) is 5.87. The van der Waals surface area contributed by atoms with Gasteiger partial charge in [0.1, 0.15) is 17.4 Å². The monoisotopic (exact) mass is 295 g/mol. The lowest BCUT2D eigenvalue weighted by molar-refractivity contribution is -0.139. The molecule has 116 valence electrons. The van der Waals surface area contributed by atoms with Crippen molar-refractivity contribution in [2.24, 2.45) is 0 Å². The minimum atomic E-state index is -1.19. The number of aliphatic carboxylic acids is 1. The fraction of sp³-hybridized carbons (Fsp3) is 0.467. The van der Waals surface area contributed by atoms with Crippen LogP contribution < -0.4 is 5.32 Å². The number of hydrogen-bond donors (Lipinski definition) is 3. The zero-order valence-corrected chi connectivity index (χ0v) is 12.6. The van der Waals surface area contributed by atoms with Crippen LogP contribution in [0.25, 0.3) is 0 Å². The molecule has 0 spiro atoms. The van der Waals surface area contributed by atoms with Gasteiger partial charge in [0.25, 0.3) is 0 Å². The summed E-state index contributed by atoms with van der Waals surface area (Å²) in [4.78, 5) is 22.9.